The van der Waals surface area contributed by atoms with Gasteiger partial charge in [0.2, 0.25) is 5.91 Å². The van der Waals surface area contributed by atoms with Crippen molar-refractivity contribution in [3.05, 3.63) is 71.3 Å². The molecule has 0 spiro atoms. The van der Waals surface area contributed by atoms with Crippen LogP contribution in [-0.4, -0.2) is 29.2 Å². The van der Waals surface area contributed by atoms with E-state index in [1.54, 1.807) is 24.3 Å². The van der Waals surface area contributed by atoms with E-state index in [1.807, 2.05) is 30.3 Å². The zero-order chi connectivity index (χ0) is 18.8. The molecule has 1 fully saturated rings. The fourth-order valence-corrected chi connectivity index (χ4v) is 3.65. The topological polar surface area (TPSA) is 66.5 Å². The maximum Gasteiger partial charge on any atom is 0.261 e. The van der Waals surface area contributed by atoms with Crippen molar-refractivity contribution in [2.24, 2.45) is 5.92 Å². The summed E-state index contributed by atoms with van der Waals surface area (Å²) in [6.45, 7) is 0.263. The number of imide groups is 1. The average Bonchev–Trinajstić information content (AvgIpc) is 3.51. The Morgan fingerprint density at radius 1 is 0.963 bits per heavy atom. The first-order chi connectivity index (χ1) is 13.1. The van der Waals surface area contributed by atoms with Crippen molar-refractivity contribution in [3.8, 4) is 0 Å². The Kier molecular flexibility index (Phi) is 4.75. The van der Waals surface area contributed by atoms with E-state index < -0.39 is 0 Å². The third-order valence-corrected chi connectivity index (χ3v) is 5.23. The molecule has 1 aliphatic heterocycles. The van der Waals surface area contributed by atoms with E-state index in [1.165, 1.54) is 4.90 Å². The van der Waals surface area contributed by atoms with Crippen LogP contribution < -0.4 is 5.32 Å². The minimum atomic E-state index is -0.267. The number of hydrogen-bond donors (Lipinski definition) is 1. The normalized spacial score (nSPS) is 17.0. The average molecular weight is 362 g/mol. The molecule has 1 N–H and O–H groups in total. The highest BCUT2D eigenvalue weighted by Gasteiger charge is 2.35. The molecule has 3 amide bonds. The standard InChI is InChI=1S/C22H22N2O3/c25-19(23-20(16-12-13-16)15-7-2-1-3-8-15)11-6-14-24-21(26)17-9-4-5-10-18(17)22(24)27/h1-5,7-10,16,20H,6,11-14H2,(H,23,25)/t20-/m1/s1. The molecule has 0 unspecified atom stereocenters. The summed E-state index contributed by atoms with van der Waals surface area (Å²) < 4.78 is 0. The summed E-state index contributed by atoms with van der Waals surface area (Å²) in [5.41, 5.74) is 2.03. The number of amides is 3. The predicted octanol–water partition coefficient (Wildman–Crippen LogP) is 3.33. The van der Waals surface area contributed by atoms with E-state index in [0.717, 1.165) is 18.4 Å². The number of benzene rings is 2. The molecule has 2 aromatic carbocycles. The highest BCUT2D eigenvalue weighted by molar-refractivity contribution is 6.21. The second-order valence-corrected chi connectivity index (χ2v) is 7.20. The molecule has 0 saturated heterocycles. The van der Waals surface area contributed by atoms with E-state index >= 15 is 0 Å². The summed E-state index contributed by atoms with van der Waals surface area (Å²) in [6.07, 6.45) is 3.02. The summed E-state index contributed by atoms with van der Waals surface area (Å²) in [7, 11) is 0. The first kappa shape index (κ1) is 17.5. The van der Waals surface area contributed by atoms with Gasteiger partial charge in [0.1, 0.15) is 0 Å². The predicted molar refractivity (Wildman–Crippen MR) is 101 cm³/mol. The Balaban J connectivity index is 1.31. The molecule has 0 bridgehead atoms. The Hall–Kier alpha value is -2.95. The smallest absolute Gasteiger partial charge is 0.261 e. The fraction of sp³-hybridized carbons (Fsp3) is 0.318. The maximum atomic E-state index is 12.4. The summed E-state index contributed by atoms with van der Waals surface area (Å²) >= 11 is 0. The van der Waals surface area contributed by atoms with Crippen molar-refractivity contribution in [2.75, 3.05) is 6.54 Å². The number of fused-ring (bicyclic) bond motifs is 1. The summed E-state index contributed by atoms with van der Waals surface area (Å²) in [4.78, 5) is 38.4. The monoisotopic (exact) mass is 362 g/mol. The second-order valence-electron chi connectivity index (χ2n) is 7.20. The van der Waals surface area contributed by atoms with Gasteiger partial charge in [0, 0.05) is 13.0 Å². The zero-order valence-corrected chi connectivity index (χ0v) is 15.1. The van der Waals surface area contributed by atoms with Crippen molar-refractivity contribution < 1.29 is 14.4 Å². The highest BCUT2D eigenvalue weighted by atomic mass is 16.2. The van der Waals surface area contributed by atoms with Gasteiger partial charge in [0.15, 0.2) is 0 Å². The number of nitrogens with one attached hydrogen (secondary N) is 1. The molecule has 4 rings (SSSR count). The lowest BCUT2D eigenvalue weighted by molar-refractivity contribution is -0.122. The maximum absolute atomic E-state index is 12.4. The minimum Gasteiger partial charge on any atom is -0.349 e. The third-order valence-electron chi connectivity index (χ3n) is 5.23. The van der Waals surface area contributed by atoms with Gasteiger partial charge in [0.25, 0.3) is 11.8 Å². The molecule has 0 aromatic heterocycles. The number of nitrogens with zero attached hydrogens (tertiary/aromatic N) is 1. The van der Waals surface area contributed by atoms with Crippen molar-refractivity contribution in [2.45, 2.75) is 31.7 Å². The molecule has 0 radical (unpaired) electrons. The number of carbonyl (C=O) groups is 3. The van der Waals surface area contributed by atoms with Gasteiger partial charge in [-0.05, 0) is 42.9 Å². The van der Waals surface area contributed by atoms with Crippen LogP contribution in [0.15, 0.2) is 54.6 Å². The number of carbonyl (C=O) groups excluding carboxylic acids is 3. The molecule has 5 heteroatoms. The van der Waals surface area contributed by atoms with Crippen LogP contribution in [0.1, 0.15) is 58.0 Å². The number of hydrogen-bond acceptors (Lipinski definition) is 3. The van der Waals surface area contributed by atoms with Crippen molar-refractivity contribution in [3.63, 3.8) is 0 Å². The van der Waals surface area contributed by atoms with E-state index in [9.17, 15) is 14.4 Å². The molecular formula is C22H22N2O3. The van der Waals surface area contributed by atoms with Crippen LogP contribution in [0.5, 0.6) is 0 Å². The third kappa shape index (κ3) is 3.63. The molecular weight excluding hydrogens is 340 g/mol. The van der Waals surface area contributed by atoms with Gasteiger partial charge < -0.3 is 5.32 Å². The Morgan fingerprint density at radius 2 is 1.56 bits per heavy atom. The molecule has 2 aliphatic rings. The fourth-order valence-electron chi connectivity index (χ4n) is 3.65. The van der Waals surface area contributed by atoms with E-state index in [-0.39, 0.29) is 30.3 Å². The quantitative estimate of drug-likeness (QED) is 0.768. The molecule has 1 aliphatic carbocycles. The van der Waals surface area contributed by atoms with E-state index in [0.29, 0.717) is 29.9 Å². The molecule has 2 aromatic rings. The van der Waals surface area contributed by atoms with E-state index in [4.69, 9.17) is 0 Å². The first-order valence-electron chi connectivity index (χ1n) is 9.44. The summed E-state index contributed by atoms with van der Waals surface area (Å²) in [6, 6.07) is 16.9. The number of rotatable bonds is 7. The Morgan fingerprint density at radius 3 is 2.15 bits per heavy atom. The van der Waals surface area contributed by atoms with Crippen molar-refractivity contribution in [1.82, 2.24) is 10.2 Å². The Bertz CT molecular complexity index is 839. The largest absolute Gasteiger partial charge is 0.349 e. The molecule has 5 nitrogen and oxygen atoms in total. The van der Waals surface area contributed by atoms with Crippen LogP contribution >= 0.6 is 0 Å². The molecule has 138 valence electrons. The zero-order valence-electron chi connectivity index (χ0n) is 15.1. The minimum absolute atomic E-state index is 0.0348. The van der Waals surface area contributed by atoms with Crippen molar-refractivity contribution in [1.29, 1.82) is 0 Å². The van der Waals surface area contributed by atoms with Gasteiger partial charge in [-0.3, -0.25) is 19.3 Å². The first-order valence-corrected chi connectivity index (χ1v) is 9.44. The van der Waals surface area contributed by atoms with E-state index in [2.05, 4.69) is 5.32 Å². The molecule has 1 atom stereocenters. The van der Waals surface area contributed by atoms with Gasteiger partial charge in [-0.1, -0.05) is 42.5 Å². The van der Waals surface area contributed by atoms with Gasteiger partial charge in [-0.2, -0.15) is 0 Å². The molecule has 1 saturated carbocycles. The SMILES string of the molecule is O=C(CCCN1C(=O)c2ccccc2C1=O)N[C@H](c1ccccc1)C1CC1. The van der Waals surface area contributed by atoms with Crippen LogP contribution in [0.25, 0.3) is 0 Å². The van der Waals surface area contributed by atoms with Gasteiger partial charge in [-0.25, -0.2) is 0 Å². The van der Waals surface area contributed by atoms with Crippen LogP contribution in [0, 0.1) is 5.92 Å². The lowest BCUT2D eigenvalue weighted by Crippen LogP contribution is -2.33. The second kappa shape index (κ2) is 7.35. The van der Waals surface area contributed by atoms with Crippen LogP contribution in [0.3, 0.4) is 0 Å². The van der Waals surface area contributed by atoms with Crippen LogP contribution in [0.2, 0.25) is 0 Å². The molecule has 27 heavy (non-hydrogen) atoms. The van der Waals surface area contributed by atoms with Gasteiger partial charge >= 0.3 is 0 Å². The van der Waals surface area contributed by atoms with Crippen LogP contribution in [-0.2, 0) is 4.79 Å². The van der Waals surface area contributed by atoms with Gasteiger partial charge in [-0.15, -0.1) is 0 Å². The summed E-state index contributed by atoms with van der Waals surface area (Å²) in [5, 5.41) is 3.13. The summed E-state index contributed by atoms with van der Waals surface area (Å²) in [5.74, 6) is -0.0627. The van der Waals surface area contributed by atoms with Crippen LogP contribution in [0.4, 0.5) is 0 Å². The lowest BCUT2D eigenvalue weighted by atomic mass is 10.0. The molecule has 1 heterocycles. The Labute approximate surface area is 158 Å². The van der Waals surface area contributed by atoms with Gasteiger partial charge in [0.05, 0.1) is 17.2 Å². The highest BCUT2D eigenvalue weighted by Crippen LogP contribution is 2.41. The van der Waals surface area contributed by atoms with Crippen molar-refractivity contribution >= 4 is 17.7 Å². The lowest BCUT2D eigenvalue weighted by Gasteiger charge is -2.19.